The quantitative estimate of drug-likeness (QED) is 0.500. The van der Waals surface area contributed by atoms with Crippen LogP contribution < -0.4 is 0 Å². The predicted molar refractivity (Wildman–Crippen MR) is 138 cm³/mol. The average Bonchev–Trinajstić information content (AvgIpc) is 3.19. The minimum absolute atomic E-state index is 0.0457. The van der Waals surface area contributed by atoms with Gasteiger partial charge in [-0.1, -0.05) is 26.0 Å². The van der Waals surface area contributed by atoms with Gasteiger partial charge in [0.2, 0.25) is 10.0 Å². The molecule has 0 spiro atoms. The molecule has 0 atom stereocenters. The van der Waals surface area contributed by atoms with Crippen LogP contribution in [0, 0.1) is 0 Å². The van der Waals surface area contributed by atoms with Gasteiger partial charge in [-0.25, -0.2) is 13.4 Å². The highest BCUT2D eigenvalue weighted by atomic mass is 32.2. The van der Waals surface area contributed by atoms with E-state index < -0.39 is 10.0 Å². The molecular weight excluding hydrogens is 462 g/mol. The molecule has 9 heteroatoms. The summed E-state index contributed by atoms with van der Waals surface area (Å²) in [5.74, 6) is 1.25. The molecule has 4 rings (SSSR count). The minimum atomic E-state index is -3.50. The number of carbonyl (C=O) groups excluding carboxylic acids is 1. The first-order valence-electron chi connectivity index (χ1n) is 12.1. The standard InChI is InChI=1S/C26H35N5O3S/c1-6-31-24-12-9-21(26(32)28(4)5)17-23(24)27-25(31)18-29-13-15-30(16-14-29)35(33,34)22-10-7-20(8-11-22)19(2)3/h7-12,17,19H,6,13-16,18H2,1-5H3. The van der Waals surface area contributed by atoms with E-state index >= 15 is 0 Å². The van der Waals surface area contributed by atoms with E-state index in [1.165, 1.54) is 0 Å². The maximum Gasteiger partial charge on any atom is 0.253 e. The molecule has 1 aliphatic rings. The fraction of sp³-hybridized carbons (Fsp3) is 0.462. The molecule has 0 saturated carbocycles. The summed E-state index contributed by atoms with van der Waals surface area (Å²) in [4.78, 5) is 21.3. The van der Waals surface area contributed by atoms with Crippen molar-refractivity contribution in [3.8, 4) is 0 Å². The van der Waals surface area contributed by atoms with Crippen molar-refractivity contribution in [1.29, 1.82) is 0 Å². The van der Waals surface area contributed by atoms with E-state index in [9.17, 15) is 13.2 Å². The lowest BCUT2D eigenvalue weighted by Crippen LogP contribution is -2.48. The number of carbonyl (C=O) groups is 1. The van der Waals surface area contributed by atoms with Crippen molar-refractivity contribution >= 4 is 27.0 Å². The van der Waals surface area contributed by atoms with Gasteiger partial charge in [0, 0.05) is 52.4 Å². The van der Waals surface area contributed by atoms with Crippen molar-refractivity contribution in [2.75, 3.05) is 40.3 Å². The average molecular weight is 498 g/mol. The minimum Gasteiger partial charge on any atom is -0.345 e. The van der Waals surface area contributed by atoms with Gasteiger partial charge in [0.1, 0.15) is 5.82 Å². The Labute approximate surface area is 208 Å². The lowest BCUT2D eigenvalue weighted by atomic mass is 10.0. The molecule has 0 N–H and O–H groups in total. The SMILES string of the molecule is CCn1c(CN2CCN(S(=O)(=O)c3ccc(C(C)C)cc3)CC2)nc2cc(C(=O)N(C)C)ccc21. The Morgan fingerprint density at radius 3 is 2.26 bits per heavy atom. The zero-order valence-electron chi connectivity index (χ0n) is 21.2. The second-order valence-corrected chi connectivity index (χ2v) is 11.5. The molecule has 1 aliphatic heterocycles. The Morgan fingerprint density at radius 1 is 1.03 bits per heavy atom. The van der Waals surface area contributed by atoms with Crippen LogP contribution in [-0.4, -0.2) is 78.3 Å². The molecule has 2 heterocycles. The third-order valence-electron chi connectivity index (χ3n) is 6.68. The summed E-state index contributed by atoms with van der Waals surface area (Å²) in [6, 6.07) is 12.9. The van der Waals surface area contributed by atoms with Gasteiger partial charge in [-0.05, 0) is 48.7 Å². The number of hydrogen-bond donors (Lipinski definition) is 0. The summed E-state index contributed by atoms with van der Waals surface area (Å²) in [5, 5.41) is 0. The van der Waals surface area contributed by atoms with Crippen molar-refractivity contribution in [3.63, 3.8) is 0 Å². The van der Waals surface area contributed by atoms with Crippen LogP contribution in [0.4, 0.5) is 0 Å². The summed E-state index contributed by atoms with van der Waals surface area (Å²) in [7, 11) is -0.0257. The Hall–Kier alpha value is -2.75. The molecule has 188 valence electrons. The number of amides is 1. The number of fused-ring (bicyclic) bond motifs is 1. The molecular formula is C26H35N5O3S. The summed E-state index contributed by atoms with van der Waals surface area (Å²) < 4.78 is 30.0. The number of sulfonamides is 1. The lowest BCUT2D eigenvalue weighted by Gasteiger charge is -2.33. The van der Waals surface area contributed by atoms with E-state index in [-0.39, 0.29) is 5.91 Å². The molecule has 1 fully saturated rings. The molecule has 0 bridgehead atoms. The number of aryl methyl sites for hydroxylation is 1. The van der Waals surface area contributed by atoms with Gasteiger partial charge in [0.25, 0.3) is 5.91 Å². The first-order chi connectivity index (χ1) is 16.6. The van der Waals surface area contributed by atoms with Gasteiger partial charge in [-0.15, -0.1) is 0 Å². The molecule has 1 aromatic heterocycles. The second kappa shape index (κ2) is 10.1. The van der Waals surface area contributed by atoms with Gasteiger partial charge in [0.05, 0.1) is 22.5 Å². The van der Waals surface area contributed by atoms with Crippen LogP contribution in [0.3, 0.4) is 0 Å². The van der Waals surface area contributed by atoms with E-state index in [1.54, 1.807) is 35.4 Å². The number of imidazole rings is 1. The van der Waals surface area contributed by atoms with Crippen LogP contribution in [0.1, 0.15) is 48.4 Å². The summed E-state index contributed by atoms with van der Waals surface area (Å²) in [5.41, 5.74) is 3.56. The summed E-state index contributed by atoms with van der Waals surface area (Å²) in [6.45, 7) is 9.85. The van der Waals surface area contributed by atoms with Crippen LogP contribution in [0.15, 0.2) is 47.4 Å². The van der Waals surface area contributed by atoms with Crippen molar-refractivity contribution in [2.24, 2.45) is 0 Å². The topological polar surface area (TPSA) is 78.7 Å². The zero-order chi connectivity index (χ0) is 25.3. The maximum absolute atomic E-state index is 13.1. The van der Waals surface area contributed by atoms with Crippen LogP contribution in [0.5, 0.6) is 0 Å². The predicted octanol–water partition coefficient (Wildman–Crippen LogP) is 3.39. The molecule has 0 unspecified atom stereocenters. The van der Waals surface area contributed by atoms with Crippen molar-refractivity contribution in [3.05, 3.63) is 59.4 Å². The van der Waals surface area contributed by atoms with E-state index in [0.29, 0.717) is 49.1 Å². The molecule has 3 aromatic rings. The Morgan fingerprint density at radius 2 is 1.69 bits per heavy atom. The largest absolute Gasteiger partial charge is 0.345 e. The van der Waals surface area contributed by atoms with Gasteiger partial charge < -0.3 is 9.47 Å². The van der Waals surface area contributed by atoms with Gasteiger partial charge in [-0.2, -0.15) is 4.31 Å². The van der Waals surface area contributed by atoms with E-state index in [2.05, 4.69) is 30.2 Å². The third kappa shape index (κ3) is 5.12. The highest BCUT2D eigenvalue weighted by Crippen LogP contribution is 2.23. The molecule has 2 aromatic carbocycles. The Bertz CT molecular complexity index is 1300. The molecule has 1 amide bonds. The van der Waals surface area contributed by atoms with Crippen LogP contribution >= 0.6 is 0 Å². The summed E-state index contributed by atoms with van der Waals surface area (Å²) in [6.07, 6.45) is 0. The fourth-order valence-corrected chi connectivity index (χ4v) is 5.97. The summed E-state index contributed by atoms with van der Waals surface area (Å²) >= 11 is 0. The number of piperazine rings is 1. The smallest absolute Gasteiger partial charge is 0.253 e. The highest BCUT2D eigenvalue weighted by Gasteiger charge is 2.29. The van der Waals surface area contributed by atoms with Gasteiger partial charge >= 0.3 is 0 Å². The Balaban J connectivity index is 1.46. The van der Waals surface area contributed by atoms with Gasteiger partial charge in [0.15, 0.2) is 0 Å². The van der Waals surface area contributed by atoms with Crippen molar-refractivity contribution in [1.82, 2.24) is 23.7 Å². The lowest BCUT2D eigenvalue weighted by molar-refractivity contribution is 0.0827. The Kier molecular flexibility index (Phi) is 7.30. The first kappa shape index (κ1) is 25.3. The van der Waals surface area contributed by atoms with Crippen molar-refractivity contribution < 1.29 is 13.2 Å². The van der Waals surface area contributed by atoms with Crippen LogP contribution in [0.2, 0.25) is 0 Å². The normalized spacial score (nSPS) is 15.7. The molecule has 8 nitrogen and oxygen atoms in total. The molecule has 0 aliphatic carbocycles. The maximum atomic E-state index is 13.1. The molecule has 1 saturated heterocycles. The molecule has 0 radical (unpaired) electrons. The van der Waals surface area contributed by atoms with E-state index in [4.69, 9.17) is 4.98 Å². The number of hydrogen-bond acceptors (Lipinski definition) is 5. The zero-order valence-corrected chi connectivity index (χ0v) is 22.0. The third-order valence-corrected chi connectivity index (χ3v) is 8.59. The van der Waals surface area contributed by atoms with E-state index in [0.717, 1.165) is 29.0 Å². The van der Waals surface area contributed by atoms with Crippen LogP contribution in [-0.2, 0) is 23.1 Å². The second-order valence-electron chi connectivity index (χ2n) is 9.58. The molecule has 35 heavy (non-hydrogen) atoms. The number of rotatable bonds is 7. The van der Waals surface area contributed by atoms with Gasteiger partial charge in [-0.3, -0.25) is 9.69 Å². The van der Waals surface area contributed by atoms with E-state index in [1.807, 2.05) is 30.3 Å². The van der Waals surface area contributed by atoms with Crippen LogP contribution in [0.25, 0.3) is 11.0 Å². The number of benzene rings is 2. The number of aromatic nitrogens is 2. The highest BCUT2D eigenvalue weighted by molar-refractivity contribution is 7.89. The fourth-order valence-electron chi connectivity index (χ4n) is 4.55. The first-order valence-corrected chi connectivity index (χ1v) is 13.6. The number of nitrogens with zero attached hydrogens (tertiary/aromatic N) is 5. The van der Waals surface area contributed by atoms with Crippen molar-refractivity contribution in [2.45, 2.75) is 44.7 Å². The monoisotopic (exact) mass is 497 g/mol.